The first-order valence-electron chi connectivity index (χ1n) is 12.9. The number of aryl methyl sites for hydroxylation is 2. The first-order chi connectivity index (χ1) is 16.7. The number of aliphatic hydroxyl groups excluding tert-OH is 1. The number of likely N-dealkylation sites (tertiary alicyclic amines) is 1. The highest BCUT2D eigenvalue weighted by molar-refractivity contribution is 6.02. The minimum Gasteiger partial charge on any atom is -0.394 e. The average molecular weight is 484 g/mol. The number of benzene rings is 1. The average Bonchev–Trinajstić information content (AvgIpc) is 3.11. The molecule has 1 heterocycles. The van der Waals surface area contributed by atoms with Gasteiger partial charge in [0, 0.05) is 18.7 Å². The van der Waals surface area contributed by atoms with E-state index in [1.54, 1.807) is 11.9 Å². The van der Waals surface area contributed by atoms with Crippen LogP contribution in [-0.4, -0.2) is 53.5 Å². The van der Waals surface area contributed by atoms with Crippen molar-refractivity contribution in [2.45, 2.75) is 66.0 Å². The molecule has 1 saturated heterocycles. The molecule has 1 aliphatic carbocycles. The summed E-state index contributed by atoms with van der Waals surface area (Å²) in [6, 6.07) is 4.53. The van der Waals surface area contributed by atoms with Crippen LogP contribution in [0.1, 0.15) is 51.2 Å². The van der Waals surface area contributed by atoms with Gasteiger partial charge in [-0.2, -0.15) is 0 Å². The number of hydrogen-bond donors (Lipinski definition) is 3. The third kappa shape index (κ3) is 5.30. The summed E-state index contributed by atoms with van der Waals surface area (Å²) in [5.41, 5.74) is 2.62. The van der Waals surface area contributed by atoms with E-state index in [4.69, 9.17) is 0 Å². The number of carbonyl (C=O) groups is 3. The van der Waals surface area contributed by atoms with Gasteiger partial charge in [-0.3, -0.25) is 14.4 Å². The Morgan fingerprint density at radius 1 is 1.11 bits per heavy atom. The number of aliphatic hydroxyl groups is 1. The topological polar surface area (TPSA) is 98.7 Å². The third-order valence-corrected chi connectivity index (χ3v) is 7.56. The molecule has 3 N–H and O–H groups in total. The van der Waals surface area contributed by atoms with Crippen LogP contribution in [0.2, 0.25) is 0 Å². The predicted octanol–water partition coefficient (Wildman–Crippen LogP) is 3.44. The molecule has 192 valence electrons. The van der Waals surface area contributed by atoms with E-state index in [0.29, 0.717) is 6.42 Å². The van der Waals surface area contributed by atoms with Crippen molar-refractivity contribution in [3.8, 4) is 0 Å². The molecule has 2 aliphatic rings. The van der Waals surface area contributed by atoms with Gasteiger partial charge in [0.15, 0.2) is 0 Å². The Balaban J connectivity index is 2.08. The molecule has 0 saturated carbocycles. The van der Waals surface area contributed by atoms with Gasteiger partial charge in [0.05, 0.1) is 24.5 Å². The fraction of sp³-hybridized carbons (Fsp3) is 0.607. The number of nitrogens with zero attached hydrogens (tertiary/aromatic N) is 1. The largest absolute Gasteiger partial charge is 0.394 e. The van der Waals surface area contributed by atoms with E-state index in [1.165, 1.54) is 0 Å². The van der Waals surface area contributed by atoms with Crippen molar-refractivity contribution in [1.29, 1.82) is 0 Å². The molecule has 7 nitrogen and oxygen atoms in total. The molecule has 0 unspecified atom stereocenters. The molecule has 0 radical (unpaired) electrons. The lowest BCUT2D eigenvalue weighted by molar-refractivity contribution is -0.143. The van der Waals surface area contributed by atoms with Crippen LogP contribution in [0.25, 0.3) is 0 Å². The van der Waals surface area contributed by atoms with Crippen molar-refractivity contribution in [2.24, 2.45) is 29.6 Å². The molecule has 0 bridgehead atoms. The Hall–Kier alpha value is -2.67. The molecule has 7 heteroatoms. The summed E-state index contributed by atoms with van der Waals surface area (Å²) >= 11 is 0. The monoisotopic (exact) mass is 483 g/mol. The summed E-state index contributed by atoms with van der Waals surface area (Å²) in [4.78, 5) is 42.5. The molecule has 6 atom stereocenters. The van der Waals surface area contributed by atoms with Crippen LogP contribution in [0.15, 0.2) is 30.4 Å². The first kappa shape index (κ1) is 26.9. The maximum Gasteiger partial charge on any atom is 0.247 e. The Morgan fingerprint density at radius 2 is 1.77 bits per heavy atom. The van der Waals surface area contributed by atoms with Crippen molar-refractivity contribution in [3.63, 3.8) is 0 Å². The Bertz CT molecular complexity index is 953. The maximum absolute atomic E-state index is 14.0. The highest BCUT2D eigenvalue weighted by atomic mass is 16.3. The van der Waals surface area contributed by atoms with Crippen LogP contribution in [0.4, 0.5) is 5.69 Å². The molecule has 1 aromatic carbocycles. The number of anilines is 1. The Labute approximate surface area is 209 Å². The Kier molecular flexibility index (Phi) is 8.75. The van der Waals surface area contributed by atoms with Crippen molar-refractivity contribution in [2.75, 3.05) is 19.0 Å². The summed E-state index contributed by atoms with van der Waals surface area (Å²) in [5.74, 6) is -2.12. The second-order valence-corrected chi connectivity index (χ2v) is 10.5. The van der Waals surface area contributed by atoms with Gasteiger partial charge in [-0.15, -0.1) is 0 Å². The van der Waals surface area contributed by atoms with Crippen LogP contribution in [0, 0.1) is 43.4 Å². The lowest BCUT2D eigenvalue weighted by Gasteiger charge is -2.34. The normalized spacial score (nSPS) is 26.6. The van der Waals surface area contributed by atoms with Gasteiger partial charge in [0.2, 0.25) is 17.7 Å². The van der Waals surface area contributed by atoms with E-state index in [-0.39, 0.29) is 36.2 Å². The number of rotatable bonds is 9. The number of hydrogen-bond acceptors (Lipinski definition) is 4. The number of fused-ring (bicyclic) bond motifs is 1. The number of para-hydroxylation sites is 1. The van der Waals surface area contributed by atoms with Crippen molar-refractivity contribution >= 4 is 23.4 Å². The smallest absolute Gasteiger partial charge is 0.247 e. The summed E-state index contributed by atoms with van der Waals surface area (Å²) in [7, 11) is 1.59. The van der Waals surface area contributed by atoms with E-state index in [2.05, 4.69) is 17.6 Å². The van der Waals surface area contributed by atoms with Gasteiger partial charge >= 0.3 is 0 Å². The van der Waals surface area contributed by atoms with Gasteiger partial charge in [-0.25, -0.2) is 0 Å². The third-order valence-electron chi connectivity index (χ3n) is 7.56. The fourth-order valence-corrected chi connectivity index (χ4v) is 6.00. The van der Waals surface area contributed by atoms with Gasteiger partial charge in [-0.05, 0) is 49.7 Å². The SMILES string of the molecule is CCC[C@@H]1C=C[C@H]2[C@H](C(=O)N([C@@H](CO)CC(C)C)[C@@H]2C(=O)Nc2c(C)cccc2C)[C@@H]1C(=O)NC. The van der Waals surface area contributed by atoms with Gasteiger partial charge < -0.3 is 20.6 Å². The zero-order valence-corrected chi connectivity index (χ0v) is 21.9. The predicted molar refractivity (Wildman–Crippen MR) is 138 cm³/mol. The van der Waals surface area contributed by atoms with Gasteiger partial charge in [0.1, 0.15) is 6.04 Å². The molecular weight excluding hydrogens is 442 g/mol. The van der Waals surface area contributed by atoms with Crippen molar-refractivity contribution < 1.29 is 19.5 Å². The molecule has 0 spiro atoms. The van der Waals surface area contributed by atoms with Gasteiger partial charge in [-0.1, -0.05) is 57.5 Å². The highest BCUT2D eigenvalue weighted by Crippen LogP contribution is 2.46. The van der Waals surface area contributed by atoms with E-state index in [9.17, 15) is 19.5 Å². The lowest BCUT2D eigenvalue weighted by atomic mass is 9.68. The standard InChI is InChI=1S/C28H41N3O4/c1-7-9-19-12-13-21-23(22(19)26(33)29-6)28(35)31(20(15-32)14-16(2)3)25(21)27(34)30-24-17(4)10-8-11-18(24)5/h8,10-13,16,19-23,25,32H,7,9,14-15H2,1-6H3,(H,29,33)(H,30,34)/t19-,20-,21+,22-,23+,25+/m1/s1. The first-order valence-corrected chi connectivity index (χ1v) is 12.9. The van der Waals surface area contributed by atoms with Crippen LogP contribution < -0.4 is 10.6 Å². The van der Waals surface area contributed by atoms with E-state index in [0.717, 1.165) is 29.7 Å². The summed E-state index contributed by atoms with van der Waals surface area (Å²) in [5, 5.41) is 16.1. The summed E-state index contributed by atoms with van der Waals surface area (Å²) < 4.78 is 0. The molecule has 1 aromatic rings. The second-order valence-electron chi connectivity index (χ2n) is 10.5. The zero-order chi connectivity index (χ0) is 25.9. The van der Waals surface area contributed by atoms with Crippen LogP contribution in [-0.2, 0) is 14.4 Å². The quantitative estimate of drug-likeness (QED) is 0.469. The molecule has 3 rings (SSSR count). The summed E-state index contributed by atoms with van der Waals surface area (Å²) in [6.45, 7) is 9.78. The molecule has 0 aromatic heterocycles. The molecule has 1 aliphatic heterocycles. The van der Waals surface area contributed by atoms with Crippen LogP contribution >= 0.6 is 0 Å². The summed E-state index contributed by atoms with van der Waals surface area (Å²) in [6.07, 6.45) is 6.25. The minimum absolute atomic E-state index is 0.0647. The zero-order valence-electron chi connectivity index (χ0n) is 21.9. The molecular formula is C28H41N3O4. The maximum atomic E-state index is 14.0. The second kappa shape index (κ2) is 11.4. The fourth-order valence-electron chi connectivity index (χ4n) is 6.00. The Morgan fingerprint density at radius 3 is 2.31 bits per heavy atom. The minimum atomic E-state index is -0.798. The van der Waals surface area contributed by atoms with E-state index >= 15 is 0 Å². The molecule has 35 heavy (non-hydrogen) atoms. The number of amides is 3. The number of nitrogens with one attached hydrogen (secondary N) is 2. The molecule has 3 amide bonds. The number of allylic oxidation sites excluding steroid dienone is 1. The van der Waals surface area contributed by atoms with Crippen LogP contribution in [0.3, 0.4) is 0 Å². The van der Waals surface area contributed by atoms with E-state index in [1.807, 2.05) is 58.0 Å². The number of carbonyl (C=O) groups excluding carboxylic acids is 3. The highest BCUT2D eigenvalue weighted by Gasteiger charge is 2.58. The van der Waals surface area contributed by atoms with Gasteiger partial charge in [0.25, 0.3) is 0 Å². The van der Waals surface area contributed by atoms with Crippen LogP contribution in [0.5, 0.6) is 0 Å². The lowest BCUT2D eigenvalue weighted by Crippen LogP contribution is -2.51. The van der Waals surface area contributed by atoms with Crippen molar-refractivity contribution in [1.82, 2.24) is 10.2 Å². The molecule has 1 fully saturated rings. The van der Waals surface area contributed by atoms with E-state index < -0.39 is 29.8 Å². The van der Waals surface area contributed by atoms with Crippen molar-refractivity contribution in [3.05, 3.63) is 41.5 Å².